The van der Waals surface area contributed by atoms with Crippen LogP contribution >= 0.6 is 23.2 Å². The molecular weight excluding hydrogens is 321 g/mol. The Bertz CT molecular complexity index is 760. The third-order valence-electron chi connectivity index (χ3n) is 2.63. The van der Waals surface area contributed by atoms with Crippen molar-refractivity contribution in [3.63, 3.8) is 0 Å². The van der Waals surface area contributed by atoms with Gasteiger partial charge in [-0.05, 0) is 48.9 Å². The van der Waals surface area contributed by atoms with Gasteiger partial charge >= 0.3 is 0 Å². The first-order chi connectivity index (χ1) is 9.29. The zero-order valence-electron chi connectivity index (χ0n) is 10.4. The van der Waals surface area contributed by atoms with Crippen molar-refractivity contribution >= 4 is 38.9 Å². The number of hydrogen-bond acceptors (Lipinski definition) is 3. The summed E-state index contributed by atoms with van der Waals surface area (Å²) < 4.78 is 26.9. The maximum absolute atomic E-state index is 12.3. The van der Waals surface area contributed by atoms with Gasteiger partial charge in [0, 0.05) is 10.0 Å². The number of aromatic hydroxyl groups is 1. The summed E-state index contributed by atoms with van der Waals surface area (Å²) in [6.45, 7) is 1.64. The van der Waals surface area contributed by atoms with Crippen LogP contribution in [-0.4, -0.2) is 13.5 Å². The topological polar surface area (TPSA) is 66.4 Å². The highest BCUT2D eigenvalue weighted by Gasteiger charge is 2.18. The summed E-state index contributed by atoms with van der Waals surface area (Å²) in [5.41, 5.74) is 0.526. The molecule has 0 aliphatic rings. The van der Waals surface area contributed by atoms with Gasteiger partial charge in [-0.1, -0.05) is 23.2 Å². The Balaban J connectivity index is 2.43. The lowest BCUT2D eigenvalue weighted by atomic mass is 10.2. The highest BCUT2D eigenvalue weighted by molar-refractivity contribution is 7.92. The van der Waals surface area contributed by atoms with Crippen molar-refractivity contribution in [2.45, 2.75) is 11.8 Å². The van der Waals surface area contributed by atoms with Crippen LogP contribution in [0.2, 0.25) is 10.0 Å². The molecule has 0 saturated heterocycles. The van der Waals surface area contributed by atoms with E-state index < -0.39 is 10.0 Å². The molecule has 0 aliphatic heterocycles. The lowest BCUT2D eigenvalue weighted by Gasteiger charge is -2.12. The summed E-state index contributed by atoms with van der Waals surface area (Å²) >= 11 is 11.6. The number of halogens is 2. The molecular formula is C13H11Cl2NO3S. The molecule has 0 heterocycles. The van der Waals surface area contributed by atoms with Gasteiger partial charge in [-0.2, -0.15) is 0 Å². The van der Waals surface area contributed by atoms with Crippen LogP contribution in [0.5, 0.6) is 5.75 Å². The fourth-order valence-corrected chi connectivity index (χ4v) is 3.40. The van der Waals surface area contributed by atoms with E-state index in [4.69, 9.17) is 23.2 Å². The van der Waals surface area contributed by atoms with E-state index in [1.54, 1.807) is 13.0 Å². The van der Waals surface area contributed by atoms with Crippen LogP contribution in [0.4, 0.5) is 5.69 Å². The molecule has 4 nitrogen and oxygen atoms in total. The third kappa shape index (κ3) is 3.17. The second-order valence-electron chi connectivity index (χ2n) is 4.18. The zero-order valence-corrected chi connectivity index (χ0v) is 12.7. The lowest BCUT2D eigenvalue weighted by Crippen LogP contribution is -2.14. The summed E-state index contributed by atoms with van der Waals surface area (Å²) in [6, 6.07) is 8.55. The van der Waals surface area contributed by atoms with Gasteiger partial charge in [0.05, 0.1) is 10.6 Å². The summed E-state index contributed by atoms with van der Waals surface area (Å²) in [6.07, 6.45) is 0. The number of aryl methyl sites for hydroxylation is 1. The number of hydrogen-bond donors (Lipinski definition) is 2. The fourth-order valence-electron chi connectivity index (χ4n) is 1.70. The number of benzene rings is 2. The minimum absolute atomic E-state index is 0.0202. The molecule has 0 fully saturated rings. The van der Waals surface area contributed by atoms with Gasteiger partial charge in [0.15, 0.2) is 0 Å². The summed E-state index contributed by atoms with van der Waals surface area (Å²) in [5.74, 6) is -0.204. The lowest BCUT2D eigenvalue weighted by molar-refractivity contribution is 0.477. The highest BCUT2D eigenvalue weighted by atomic mass is 35.5. The molecule has 0 saturated carbocycles. The Kier molecular flexibility index (Phi) is 4.13. The second-order valence-corrected chi connectivity index (χ2v) is 6.70. The molecule has 7 heteroatoms. The van der Waals surface area contributed by atoms with Crippen molar-refractivity contribution in [3.05, 3.63) is 52.0 Å². The quantitative estimate of drug-likeness (QED) is 0.840. The number of nitrogens with one attached hydrogen (secondary N) is 1. The van der Waals surface area contributed by atoms with Gasteiger partial charge in [-0.3, -0.25) is 4.72 Å². The van der Waals surface area contributed by atoms with Gasteiger partial charge in [0.1, 0.15) is 5.75 Å². The minimum Gasteiger partial charge on any atom is -0.506 e. The number of phenolic OH excluding ortho intramolecular Hbond substituents is 1. The molecule has 2 aromatic carbocycles. The Morgan fingerprint density at radius 1 is 1.05 bits per heavy atom. The molecule has 0 atom stereocenters. The van der Waals surface area contributed by atoms with Crippen LogP contribution in [0, 0.1) is 6.92 Å². The van der Waals surface area contributed by atoms with E-state index in [-0.39, 0.29) is 16.3 Å². The Labute approximate surface area is 127 Å². The average molecular weight is 332 g/mol. The molecule has 0 bridgehead atoms. The van der Waals surface area contributed by atoms with Crippen LogP contribution in [0.25, 0.3) is 0 Å². The fraction of sp³-hybridized carbons (Fsp3) is 0.0769. The normalized spacial score (nSPS) is 11.3. The standard InChI is InChI=1S/C13H11Cl2NO3S/c1-8-6-9(14)3-5-13(8)20(18,19)16-11-7-10(15)2-4-12(11)17/h2-7,16-17H,1H3. The zero-order chi connectivity index (χ0) is 14.9. The molecule has 0 aromatic heterocycles. The molecule has 20 heavy (non-hydrogen) atoms. The van der Waals surface area contributed by atoms with Crippen LogP contribution in [0.15, 0.2) is 41.3 Å². The molecule has 0 aliphatic carbocycles. The molecule has 2 rings (SSSR count). The van der Waals surface area contributed by atoms with Crippen LogP contribution < -0.4 is 4.72 Å². The predicted octanol–water partition coefficient (Wildman–Crippen LogP) is 3.81. The SMILES string of the molecule is Cc1cc(Cl)ccc1S(=O)(=O)Nc1cc(Cl)ccc1O. The molecule has 0 amide bonds. The predicted molar refractivity (Wildman–Crippen MR) is 80.1 cm³/mol. The van der Waals surface area contributed by atoms with Gasteiger partial charge in [0.2, 0.25) is 0 Å². The van der Waals surface area contributed by atoms with Gasteiger partial charge in [0.25, 0.3) is 10.0 Å². The van der Waals surface area contributed by atoms with E-state index >= 15 is 0 Å². The Hall–Kier alpha value is -1.43. The maximum atomic E-state index is 12.3. The monoisotopic (exact) mass is 331 g/mol. The molecule has 0 unspecified atom stereocenters. The summed E-state index contributed by atoms with van der Waals surface area (Å²) in [7, 11) is -3.83. The Morgan fingerprint density at radius 3 is 2.30 bits per heavy atom. The first kappa shape index (κ1) is 15.0. The van der Waals surface area contributed by atoms with E-state index in [2.05, 4.69) is 4.72 Å². The smallest absolute Gasteiger partial charge is 0.262 e. The second kappa shape index (κ2) is 5.52. The van der Waals surface area contributed by atoms with E-state index in [0.717, 1.165) is 0 Å². The van der Waals surface area contributed by atoms with E-state index in [1.807, 2.05) is 0 Å². The maximum Gasteiger partial charge on any atom is 0.262 e. The summed E-state index contributed by atoms with van der Waals surface area (Å²) in [5, 5.41) is 10.4. The van der Waals surface area contributed by atoms with Crippen molar-refractivity contribution in [3.8, 4) is 5.75 Å². The minimum atomic E-state index is -3.83. The van der Waals surface area contributed by atoms with E-state index in [0.29, 0.717) is 15.6 Å². The van der Waals surface area contributed by atoms with E-state index in [1.165, 1.54) is 30.3 Å². The van der Waals surface area contributed by atoms with Crippen molar-refractivity contribution in [2.24, 2.45) is 0 Å². The largest absolute Gasteiger partial charge is 0.506 e. The van der Waals surface area contributed by atoms with Crippen LogP contribution in [0.1, 0.15) is 5.56 Å². The first-order valence-electron chi connectivity index (χ1n) is 5.57. The van der Waals surface area contributed by atoms with E-state index in [9.17, 15) is 13.5 Å². The number of phenols is 1. The highest BCUT2D eigenvalue weighted by Crippen LogP contribution is 2.29. The van der Waals surface area contributed by atoms with Crippen molar-refractivity contribution in [2.75, 3.05) is 4.72 Å². The molecule has 0 spiro atoms. The van der Waals surface area contributed by atoms with Crippen molar-refractivity contribution in [1.29, 1.82) is 0 Å². The van der Waals surface area contributed by atoms with Gasteiger partial charge < -0.3 is 5.11 Å². The molecule has 0 radical (unpaired) electrons. The molecule has 106 valence electrons. The average Bonchev–Trinajstić information content (AvgIpc) is 2.33. The number of sulfonamides is 1. The third-order valence-corrected chi connectivity index (χ3v) is 4.63. The first-order valence-corrected chi connectivity index (χ1v) is 7.81. The molecule has 2 aromatic rings. The molecule has 2 N–H and O–H groups in total. The van der Waals surface area contributed by atoms with Gasteiger partial charge in [-0.25, -0.2) is 8.42 Å². The van der Waals surface area contributed by atoms with Crippen molar-refractivity contribution in [1.82, 2.24) is 0 Å². The number of anilines is 1. The Morgan fingerprint density at radius 2 is 1.65 bits per heavy atom. The summed E-state index contributed by atoms with van der Waals surface area (Å²) in [4.78, 5) is 0.0845. The van der Waals surface area contributed by atoms with Crippen LogP contribution in [-0.2, 0) is 10.0 Å². The van der Waals surface area contributed by atoms with Crippen LogP contribution in [0.3, 0.4) is 0 Å². The van der Waals surface area contributed by atoms with Gasteiger partial charge in [-0.15, -0.1) is 0 Å². The van der Waals surface area contributed by atoms with Crippen molar-refractivity contribution < 1.29 is 13.5 Å². The number of rotatable bonds is 3.